The van der Waals surface area contributed by atoms with Crippen molar-refractivity contribution in [1.29, 1.82) is 0 Å². The third-order valence-electron chi connectivity index (χ3n) is 3.87. The van der Waals surface area contributed by atoms with E-state index in [0.717, 1.165) is 42.4 Å². The molecule has 1 heterocycles. The van der Waals surface area contributed by atoms with Gasteiger partial charge in [-0.2, -0.15) is 0 Å². The van der Waals surface area contributed by atoms with Crippen molar-refractivity contribution in [3.63, 3.8) is 0 Å². The molecule has 2 aromatic rings. The molecular weight excluding hydrogens is 290 g/mol. The van der Waals surface area contributed by atoms with Crippen molar-refractivity contribution >= 4 is 10.9 Å². The van der Waals surface area contributed by atoms with Crippen molar-refractivity contribution in [3.8, 4) is 11.5 Å². The summed E-state index contributed by atoms with van der Waals surface area (Å²) >= 11 is 0. The second-order valence-electron chi connectivity index (χ2n) is 6.00. The van der Waals surface area contributed by atoms with E-state index in [9.17, 15) is 10.2 Å². The van der Waals surface area contributed by atoms with Gasteiger partial charge in [-0.3, -0.25) is 4.98 Å². The summed E-state index contributed by atoms with van der Waals surface area (Å²) in [4.78, 5) is 4.55. The van der Waals surface area contributed by atoms with Crippen molar-refractivity contribution < 1.29 is 10.2 Å². The molecule has 1 aliphatic carbocycles. The molecule has 0 atom stereocenters. The number of phenolic OH excluding ortho intramolecular Hbond substituents is 2. The molecule has 1 aromatic heterocycles. The number of aromatic hydroxyl groups is 2. The minimum atomic E-state index is -0.0997. The summed E-state index contributed by atoms with van der Waals surface area (Å²) in [6.07, 6.45) is 3.25. The van der Waals surface area contributed by atoms with Gasteiger partial charge in [0.05, 0.1) is 5.52 Å². The lowest BCUT2D eigenvalue weighted by atomic mass is 10.0. The van der Waals surface area contributed by atoms with Crippen molar-refractivity contribution in [3.05, 3.63) is 29.0 Å². The van der Waals surface area contributed by atoms with Gasteiger partial charge in [-0.25, -0.2) is 0 Å². The summed E-state index contributed by atoms with van der Waals surface area (Å²) < 4.78 is 0. The number of aryl methyl sites for hydroxylation is 2. The topological polar surface area (TPSA) is 105 Å². The Balaban J connectivity index is 0.000000327. The van der Waals surface area contributed by atoms with Crippen molar-refractivity contribution in [2.45, 2.75) is 40.0 Å². The number of benzene rings is 1. The normalized spacial score (nSPS) is 12.3. The van der Waals surface area contributed by atoms with Gasteiger partial charge in [0, 0.05) is 17.1 Å². The Hall–Kier alpha value is -1.85. The van der Waals surface area contributed by atoms with Crippen LogP contribution in [0.25, 0.3) is 10.9 Å². The zero-order chi connectivity index (χ0) is 17.6. The SMILES string of the molecule is CC(C)CN.CN.Cc1c2c(nc3cc(O)c(O)cc13)CCC2. The molecule has 0 spiro atoms. The Labute approximate surface area is 138 Å². The van der Waals surface area contributed by atoms with Gasteiger partial charge in [0.15, 0.2) is 11.5 Å². The third kappa shape index (κ3) is 4.56. The fourth-order valence-corrected chi connectivity index (χ4v) is 2.52. The first-order valence-electron chi connectivity index (χ1n) is 8.05. The molecule has 0 saturated heterocycles. The van der Waals surface area contributed by atoms with Crippen LogP contribution in [0.2, 0.25) is 0 Å². The van der Waals surface area contributed by atoms with E-state index >= 15 is 0 Å². The average Bonchev–Trinajstić information content (AvgIpc) is 3.01. The van der Waals surface area contributed by atoms with E-state index in [1.54, 1.807) is 6.07 Å². The van der Waals surface area contributed by atoms with Crippen LogP contribution in [0.15, 0.2) is 12.1 Å². The number of hydrogen-bond donors (Lipinski definition) is 4. The molecule has 128 valence electrons. The highest BCUT2D eigenvalue weighted by Crippen LogP contribution is 2.35. The zero-order valence-corrected chi connectivity index (χ0v) is 14.6. The van der Waals surface area contributed by atoms with E-state index in [4.69, 9.17) is 5.73 Å². The fourth-order valence-electron chi connectivity index (χ4n) is 2.52. The quantitative estimate of drug-likeness (QED) is 0.605. The van der Waals surface area contributed by atoms with Gasteiger partial charge in [-0.15, -0.1) is 0 Å². The summed E-state index contributed by atoms with van der Waals surface area (Å²) in [5.41, 5.74) is 14.1. The number of nitrogens with two attached hydrogens (primary N) is 2. The highest BCUT2D eigenvalue weighted by molar-refractivity contribution is 5.86. The maximum Gasteiger partial charge on any atom is 0.159 e. The van der Waals surface area contributed by atoms with Gasteiger partial charge in [0.25, 0.3) is 0 Å². The van der Waals surface area contributed by atoms with Gasteiger partial charge >= 0.3 is 0 Å². The molecule has 0 fully saturated rings. The summed E-state index contributed by atoms with van der Waals surface area (Å²) in [6.45, 7) is 7.06. The van der Waals surface area contributed by atoms with Crippen LogP contribution in [0, 0.1) is 12.8 Å². The molecule has 0 bridgehead atoms. The molecule has 1 aromatic carbocycles. The third-order valence-corrected chi connectivity index (χ3v) is 3.87. The largest absolute Gasteiger partial charge is 0.504 e. The van der Waals surface area contributed by atoms with E-state index in [1.165, 1.54) is 24.2 Å². The number of phenols is 2. The van der Waals surface area contributed by atoms with Crippen LogP contribution in [-0.4, -0.2) is 28.8 Å². The molecule has 0 unspecified atom stereocenters. The van der Waals surface area contributed by atoms with Crippen molar-refractivity contribution in [1.82, 2.24) is 4.98 Å². The van der Waals surface area contributed by atoms with Crippen LogP contribution < -0.4 is 11.5 Å². The summed E-state index contributed by atoms with van der Waals surface area (Å²) in [6, 6.07) is 3.14. The zero-order valence-electron chi connectivity index (χ0n) is 14.6. The maximum atomic E-state index is 9.51. The lowest BCUT2D eigenvalue weighted by Crippen LogP contribution is -2.05. The van der Waals surface area contributed by atoms with Crippen LogP contribution in [0.4, 0.5) is 0 Å². The van der Waals surface area contributed by atoms with Gasteiger partial charge < -0.3 is 21.7 Å². The average molecular weight is 319 g/mol. The fraction of sp³-hybridized carbons (Fsp3) is 0.500. The summed E-state index contributed by atoms with van der Waals surface area (Å²) in [5.74, 6) is 0.489. The van der Waals surface area contributed by atoms with E-state index < -0.39 is 0 Å². The first-order valence-corrected chi connectivity index (χ1v) is 8.05. The standard InChI is InChI=1S/C13H13NO2.C4H11N.CH5N/c1-7-8-3-2-4-10(8)14-11-6-13(16)12(15)5-9(7)11;1-4(2)3-5;1-2/h5-6,15-16H,2-4H2,1H3;4H,3,5H2,1-2H3;2H2,1H3. The van der Waals surface area contributed by atoms with Gasteiger partial charge in [-0.05, 0) is 62.9 Å². The predicted octanol–water partition coefficient (Wildman–Crippen LogP) is 2.62. The number of nitrogens with zero attached hydrogens (tertiary/aromatic N) is 1. The molecule has 23 heavy (non-hydrogen) atoms. The smallest absolute Gasteiger partial charge is 0.159 e. The molecule has 5 nitrogen and oxygen atoms in total. The Morgan fingerprint density at radius 1 is 1.13 bits per heavy atom. The van der Waals surface area contributed by atoms with E-state index in [2.05, 4.69) is 31.5 Å². The first-order chi connectivity index (χ1) is 10.9. The molecule has 0 amide bonds. The second-order valence-corrected chi connectivity index (χ2v) is 6.00. The summed E-state index contributed by atoms with van der Waals surface area (Å²) in [5, 5.41) is 19.9. The number of aromatic nitrogens is 1. The highest BCUT2D eigenvalue weighted by atomic mass is 16.3. The first kappa shape index (κ1) is 19.2. The Bertz CT molecular complexity index is 654. The van der Waals surface area contributed by atoms with E-state index in [1.807, 2.05) is 0 Å². The van der Waals surface area contributed by atoms with Crippen LogP contribution in [0.3, 0.4) is 0 Å². The van der Waals surface area contributed by atoms with Gasteiger partial charge in [-0.1, -0.05) is 13.8 Å². The van der Waals surface area contributed by atoms with Crippen LogP contribution in [0.5, 0.6) is 11.5 Å². The molecular formula is C18H29N3O2. The minimum absolute atomic E-state index is 0.0738. The molecule has 0 radical (unpaired) electrons. The lowest BCUT2D eigenvalue weighted by Gasteiger charge is -2.09. The van der Waals surface area contributed by atoms with E-state index in [-0.39, 0.29) is 11.5 Å². The number of rotatable bonds is 1. The minimum Gasteiger partial charge on any atom is -0.504 e. The molecule has 0 saturated carbocycles. The van der Waals surface area contributed by atoms with Crippen LogP contribution >= 0.6 is 0 Å². The molecule has 6 N–H and O–H groups in total. The predicted molar refractivity (Wildman–Crippen MR) is 95.8 cm³/mol. The Morgan fingerprint density at radius 3 is 2.26 bits per heavy atom. The van der Waals surface area contributed by atoms with Crippen LogP contribution in [-0.2, 0) is 12.8 Å². The van der Waals surface area contributed by atoms with Crippen molar-refractivity contribution in [2.24, 2.45) is 17.4 Å². The van der Waals surface area contributed by atoms with E-state index in [0.29, 0.717) is 5.92 Å². The number of hydrogen-bond acceptors (Lipinski definition) is 5. The van der Waals surface area contributed by atoms with Crippen molar-refractivity contribution in [2.75, 3.05) is 13.6 Å². The Morgan fingerprint density at radius 2 is 1.70 bits per heavy atom. The second kappa shape index (κ2) is 8.70. The monoisotopic (exact) mass is 319 g/mol. The number of pyridine rings is 1. The molecule has 0 aliphatic heterocycles. The lowest BCUT2D eigenvalue weighted by molar-refractivity contribution is 0.405. The maximum absolute atomic E-state index is 9.51. The Kier molecular flexibility index (Phi) is 7.26. The summed E-state index contributed by atoms with van der Waals surface area (Å²) in [7, 11) is 1.50. The molecule has 1 aliphatic rings. The van der Waals surface area contributed by atoms with Gasteiger partial charge in [0.2, 0.25) is 0 Å². The molecule has 5 heteroatoms. The van der Waals surface area contributed by atoms with Gasteiger partial charge in [0.1, 0.15) is 0 Å². The molecule has 3 rings (SSSR count). The highest BCUT2D eigenvalue weighted by Gasteiger charge is 2.18. The number of fused-ring (bicyclic) bond motifs is 2. The van der Waals surface area contributed by atoms with Crippen LogP contribution in [0.1, 0.15) is 37.1 Å².